The van der Waals surface area contributed by atoms with Gasteiger partial charge in [-0.25, -0.2) is 8.42 Å². The molecule has 42 heavy (non-hydrogen) atoms. The van der Waals surface area contributed by atoms with Gasteiger partial charge < -0.3 is 20.3 Å². The fourth-order valence-electron chi connectivity index (χ4n) is 4.68. The molecule has 1 fully saturated rings. The van der Waals surface area contributed by atoms with Crippen LogP contribution in [-0.4, -0.2) is 75.5 Å². The van der Waals surface area contributed by atoms with Crippen molar-refractivity contribution in [2.45, 2.75) is 32.4 Å². The molecule has 1 aliphatic rings. The van der Waals surface area contributed by atoms with Crippen molar-refractivity contribution in [1.29, 1.82) is 10.8 Å². The summed E-state index contributed by atoms with van der Waals surface area (Å²) in [6, 6.07) is 18.7. The molecule has 4 N–H and O–H groups in total. The van der Waals surface area contributed by atoms with Gasteiger partial charge in [-0.1, -0.05) is 24.3 Å². The average molecular weight is 660 g/mol. The first-order chi connectivity index (χ1) is 18.5. The molecule has 3 aromatic carbocycles. The summed E-state index contributed by atoms with van der Waals surface area (Å²) < 4.78 is 34.7. The molecule has 0 amide bonds. The first kappa shape index (κ1) is 37.3. The van der Waals surface area contributed by atoms with Gasteiger partial charge in [0.05, 0.1) is 23.8 Å². The van der Waals surface area contributed by atoms with Gasteiger partial charge in [0.2, 0.25) is 10.0 Å². The van der Waals surface area contributed by atoms with Crippen molar-refractivity contribution >= 4 is 75.4 Å². The summed E-state index contributed by atoms with van der Waals surface area (Å²) in [5, 5.41) is 17.4. The van der Waals surface area contributed by atoms with E-state index in [0.29, 0.717) is 29.4 Å². The third-order valence-corrected chi connectivity index (χ3v) is 8.73. The molecule has 9 nitrogen and oxygen atoms in total. The van der Waals surface area contributed by atoms with Crippen LogP contribution in [0.3, 0.4) is 0 Å². The minimum Gasteiger partial charge on any atom is -0.490 e. The van der Waals surface area contributed by atoms with Crippen LogP contribution in [-0.2, 0) is 16.6 Å². The van der Waals surface area contributed by atoms with E-state index in [2.05, 4.69) is 0 Å². The number of benzene rings is 3. The number of rotatable bonds is 10. The van der Waals surface area contributed by atoms with Crippen molar-refractivity contribution in [3.8, 4) is 5.75 Å². The Balaban J connectivity index is 0.00000294. The van der Waals surface area contributed by atoms with E-state index in [1.165, 1.54) is 4.31 Å². The number of hydrogen-bond donors (Lipinski definition) is 3. The zero-order valence-electron chi connectivity index (χ0n) is 24.1. The minimum atomic E-state index is -3.63. The molecule has 0 radical (unpaired) electrons. The van der Waals surface area contributed by atoms with E-state index in [4.69, 9.17) is 21.3 Å². The molecule has 0 spiro atoms. The molecule has 0 saturated carbocycles. The van der Waals surface area contributed by atoms with Crippen LogP contribution in [0.15, 0.2) is 60.7 Å². The van der Waals surface area contributed by atoms with Gasteiger partial charge in [-0.2, -0.15) is 0 Å². The van der Waals surface area contributed by atoms with E-state index >= 15 is 0 Å². The highest BCUT2D eigenvalue weighted by Gasteiger charge is 2.24. The number of hydrogen-bond acceptors (Lipinski definition) is 6. The highest BCUT2D eigenvalue weighted by atomic mass is 35.5. The van der Waals surface area contributed by atoms with Crippen molar-refractivity contribution in [3.63, 3.8) is 0 Å². The number of sulfonamides is 1. The van der Waals surface area contributed by atoms with Gasteiger partial charge in [0.1, 0.15) is 17.7 Å². The molecule has 4 rings (SSSR count). The van der Waals surface area contributed by atoms with Crippen molar-refractivity contribution in [3.05, 3.63) is 71.8 Å². The highest BCUT2D eigenvalue weighted by molar-refractivity contribution is 7.92. The lowest BCUT2D eigenvalue weighted by molar-refractivity contribution is 0.130. The maximum Gasteiger partial charge on any atom is 0.236 e. The summed E-state index contributed by atoms with van der Waals surface area (Å²) >= 11 is 0. The van der Waals surface area contributed by atoms with Gasteiger partial charge in [0.25, 0.3) is 0 Å². The third kappa shape index (κ3) is 9.64. The van der Waals surface area contributed by atoms with Crippen LogP contribution in [0, 0.1) is 10.8 Å². The fraction of sp³-hybridized carbons (Fsp3) is 0.379. The van der Waals surface area contributed by atoms with Gasteiger partial charge >= 0.3 is 0 Å². The molecule has 0 bridgehead atoms. The molecule has 232 valence electrons. The Morgan fingerprint density at radius 3 is 2.14 bits per heavy atom. The molecule has 1 aliphatic heterocycles. The van der Waals surface area contributed by atoms with Crippen LogP contribution in [0.1, 0.15) is 30.9 Å². The largest absolute Gasteiger partial charge is 0.490 e. The van der Waals surface area contributed by atoms with Crippen LogP contribution >= 0.6 is 37.2 Å². The van der Waals surface area contributed by atoms with E-state index in [-0.39, 0.29) is 61.5 Å². The van der Waals surface area contributed by atoms with E-state index in [0.717, 1.165) is 42.3 Å². The van der Waals surface area contributed by atoms with E-state index in [1.54, 1.807) is 19.1 Å². The third-order valence-electron chi connectivity index (χ3n) is 7.02. The molecular formula is C29H41Cl3N6O3S. The maximum atomic E-state index is 13.5. The number of nitrogens with one attached hydrogen (secondary N) is 2. The van der Waals surface area contributed by atoms with E-state index < -0.39 is 10.0 Å². The molecule has 0 atom stereocenters. The Morgan fingerprint density at radius 2 is 1.57 bits per heavy atom. The smallest absolute Gasteiger partial charge is 0.236 e. The molecule has 0 aliphatic carbocycles. The quantitative estimate of drug-likeness (QED) is 0.205. The van der Waals surface area contributed by atoms with Crippen LogP contribution in [0.2, 0.25) is 0 Å². The lowest BCUT2D eigenvalue weighted by atomic mass is 10.0. The monoisotopic (exact) mass is 658 g/mol. The molecule has 13 heteroatoms. The number of halogens is 3. The number of nitrogens with zero attached hydrogens (tertiary/aromatic N) is 3. The predicted molar refractivity (Wildman–Crippen MR) is 180 cm³/mol. The number of likely N-dealkylation sites (tertiary alicyclic amines) is 1. The maximum absolute atomic E-state index is 13.5. The second kappa shape index (κ2) is 16.2. The second-order valence-electron chi connectivity index (χ2n) is 10.3. The van der Waals surface area contributed by atoms with Gasteiger partial charge in [0.15, 0.2) is 0 Å². The average Bonchev–Trinajstić information content (AvgIpc) is 2.91. The van der Waals surface area contributed by atoms with Crippen molar-refractivity contribution in [2.75, 3.05) is 43.8 Å². The Bertz CT molecular complexity index is 1450. The normalized spacial score (nSPS) is 13.5. The fourth-order valence-corrected chi connectivity index (χ4v) is 6.28. The number of ether oxygens (including phenoxy) is 1. The summed E-state index contributed by atoms with van der Waals surface area (Å²) in [5.41, 5.74) is 7.72. The lowest BCUT2D eigenvalue weighted by Gasteiger charge is -2.33. The predicted octanol–water partition coefficient (Wildman–Crippen LogP) is 5.13. The first-order valence-electron chi connectivity index (χ1n) is 13.1. The van der Waals surface area contributed by atoms with Crippen LogP contribution in [0.5, 0.6) is 5.75 Å². The van der Waals surface area contributed by atoms with Gasteiger partial charge in [-0.15, -0.1) is 37.2 Å². The first-order valence-corrected chi connectivity index (χ1v) is 14.7. The number of nitrogens with two attached hydrogens (primary N) is 1. The van der Waals surface area contributed by atoms with Gasteiger partial charge in [-0.05, 0) is 73.8 Å². The van der Waals surface area contributed by atoms with E-state index in [1.807, 2.05) is 72.4 Å². The van der Waals surface area contributed by atoms with Gasteiger partial charge in [0, 0.05) is 38.0 Å². The SMILES string of the molecule is CC(=N)N1CCC(Oc2ccc(N(Cc3ccc4ccc(C(=N)N)cc4c3)S(=O)(=O)CCN(C)C)cc2)CC1.Cl.Cl.Cl. The Hall–Kier alpha value is -2.76. The molecule has 1 heterocycles. The summed E-state index contributed by atoms with van der Waals surface area (Å²) in [5.74, 6) is 1.27. The van der Waals surface area contributed by atoms with Crippen LogP contribution in [0.4, 0.5) is 5.69 Å². The summed E-state index contributed by atoms with van der Waals surface area (Å²) in [7, 11) is 0.0871. The molecular weight excluding hydrogens is 619 g/mol. The number of amidine groups is 2. The van der Waals surface area contributed by atoms with Crippen molar-refractivity contribution < 1.29 is 13.2 Å². The summed E-state index contributed by atoms with van der Waals surface area (Å²) in [4.78, 5) is 3.91. The highest BCUT2D eigenvalue weighted by Crippen LogP contribution is 2.27. The number of nitrogen functional groups attached to an aromatic ring is 1. The van der Waals surface area contributed by atoms with Crippen LogP contribution < -0.4 is 14.8 Å². The minimum absolute atomic E-state index is 0. The Morgan fingerprint density at radius 1 is 0.952 bits per heavy atom. The molecule has 1 saturated heterocycles. The second-order valence-corrected chi connectivity index (χ2v) is 12.3. The summed E-state index contributed by atoms with van der Waals surface area (Å²) in [6.07, 6.45) is 1.76. The standard InChI is InChI=1S/C29H38N6O3S.3ClH/c1-21(30)34-14-12-28(13-15-34)38-27-10-8-26(9-11-27)35(39(36,37)17-16-33(2)3)20-22-4-5-23-6-7-24(29(31)32)19-25(23)18-22;;;/h4-11,18-19,28,30H,12-17,20H2,1-3H3,(H3,31,32);3*1H. The Kier molecular flexibility index (Phi) is 14.4. The van der Waals surface area contributed by atoms with Crippen LogP contribution in [0.25, 0.3) is 10.8 Å². The zero-order chi connectivity index (χ0) is 28.2. The van der Waals surface area contributed by atoms with Crippen molar-refractivity contribution in [2.24, 2.45) is 5.73 Å². The molecule has 0 unspecified atom stereocenters. The number of anilines is 1. The number of piperidine rings is 1. The number of fused-ring (bicyclic) bond motifs is 1. The summed E-state index contributed by atoms with van der Waals surface area (Å²) in [6.45, 7) is 4.00. The van der Waals surface area contributed by atoms with Crippen molar-refractivity contribution in [1.82, 2.24) is 9.80 Å². The lowest BCUT2D eigenvalue weighted by Crippen LogP contribution is -2.40. The molecule has 3 aromatic rings. The van der Waals surface area contributed by atoms with Gasteiger partial charge in [-0.3, -0.25) is 15.1 Å². The zero-order valence-corrected chi connectivity index (χ0v) is 27.3. The topological polar surface area (TPSA) is 127 Å². The van der Waals surface area contributed by atoms with E-state index in [9.17, 15) is 8.42 Å². The molecule has 0 aromatic heterocycles. The Labute approximate surface area is 267 Å².